The van der Waals surface area contributed by atoms with Crippen LogP contribution in [0.1, 0.15) is 46.0 Å². The first-order chi connectivity index (χ1) is 6.68. The molecule has 0 aromatic carbocycles. The van der Waals surface area contributed by atoms with Crippen molar-refractivity contribution in [2.45, 2.75) is 58.0 Å². The zero-order valence-corrected chi connectivity index (χ0v) is 9.60. The molecule has 2 N–H and O–H groups in total. The summed E-state index contributed by atoms with van der Waals surface area (Å²) in [5.74, 6) is 0. The van der Waals surface area contributed by atoms with Crippen LogP contribution in [-0.4, -0.2) is 25.2 Å². The molecule has 2 nitrogen and oxygen atoms in total. The van der Waals surface area contributed by atoms with E-state index in [9.17, 15) is 0 Å². The van der Waals surface area contributed by atoms with Crippen molar-refractivity contribution < 1.29 is 0 Å². The molecular weight excluding hydrogens is 172 g/mol. The summed E-state index contributed by atoms with van der Waals surface area (Å²) >= 11 is 0. The second-order valence-electron chi connectivity index (χ2n) is 5.62. The molecule has 82 valence electrons. The normalized spacial score (nSPS) is 33.4. The molecule has 0 radical (unpaired) electrons. The average molecular weight is 196 g/mol. The number of hydrogen-bond acceptors (Lipinski definition) is 2. The van der Waals surface area contributed by atoms with Crippen molar-refractivity contribution in [3.63, 3.8) is 0 Å². The van der Waals surface area contributed by atoms with E-state index < -0.39 is 0 Å². The maximum atomic E-state index is 3.87. The third-order valence-electron chi connectivity index (χ3n) is 4.03. The van der Waals surface area contributed by atoms with Crippen molar-refractivity contribution >= 4 is 0 Å². The molecule has 1 aliphatic carbocycles. The van der Waals surface area contributed by atoms with Crippen molar-refractivity contribution in [2.24, 2.45) is 5.41 Å². The lowest BCUT2D eigenvalue weighted by Gasteiger charge is -2.34. The fourth-order valence-electron chi connectivity index (χ4n) is 2.91. The predicted octanol–water partition coefficient (Wildman–Crippen LogP) is 1.91. The van der Waals surface area contributed by atoms with Crippen molar-refractivity contribution in [1.82, 2.24) is 10.6 Å². The Morgan fingerprint density at radius 1 is 1.14 bits per heavy atom. The van der Waals surface area contributed by atoms with Crippen LogP contribution in [0.2, 0.25) is 0 Å². The van der Waals surface area contributed by atoms with E-state index in [0.717, 1.165) is 12.1 Å². The Morgan fingerprint density at radius 2 is 1.86 bits per heavy atom. The second-order valence-corrected chi connectivity index (χ2v) is 5.62. The van der Waals surface area contributed by atoms with Crippen LogP contribution in [-0.2, 0) is 0 Å². The molecule has 1 aliphatic heterocycles. The van der Waals surface area contributed by atoms with Crippen molar-refractivity contribution in [1.29, 1.82) is 0 Å². The summed E-state index contributed by atoms with van der Waals surface area (Å²) in [6, 6.07) is 1.55. The van der Waals surface area contributed by atoms with Gasteiger partial charge in [-0.2, -0.15) is 0 Å². The lowest BCUT2D eigenvalue weighted by atomic mass is 9.86. The summed E-state index contributed by atoms with van der Waals surface area (Å²) in [5, 5.41) is 7.29. The van der Waals surface area contributed by atoms with Gasteiger partial charge < -0.3 is 10.6 Å². The molecule has 2 fully saturated rings. The zero-order chi connectivity index (χ0) is 10.0. The van der Waals surface area contributed by atoms with Gasteiger partial charge in [0.1, 0.15) is 0 Å². The summed E-state index contributed by atoms with van der Waals surface area (Å²) in [6.45, 7) is 7.23. The Bertz CT molecular complexity index is 183. The molecule has 2 heteroatoms. The van der Waals surface area contributed by atoms with Gasteiger partial charge >= 0.3 is 0 Å². The van der Waals surface area contributed by atoms with E-state index >= 15 is 0 Å². The molecule has 0 aromatic heterocycles. The van der Waals surface area contributed by atoms with Gasteiger partial charge in [0, 0.05) is 12.1 Å². The van der Waals surface area contributed by atoms with E-state index in [-0.39, 0.29) is 0 Å². The minimum atomic E-state index is 0.533. The van der Waals surface area contributed by atoms with Crippen LogP contribution in [0.15, 0.2) is 0 Å². The SMILES string of the molecule is CC1(C)CCCC1NC1CCNCC1. The summed E-state index contributed by atoms with van der Waals surface area (Å²) in [4.78, 5) is 0. The Morgan fingerprint density at radius 3 is 2.43 bits per heavy atom. The highest BCUT2D eigenvalue weighted by Crippen LogP contribution is 2.37. The van der Waals surface area contributed by atoms with Crippen molar-refractivity contribution in [3.05, 3.63) is 0 Å². The van der Waals surface area contributed by atoms with Gasteiger partial charge in [-0.3, -0.25) is 0 Å². The molecule has 1 unspecified atom stereocenters. The molecule has 14 heavy (non-hydrogen) atoms. The maximum Gasteiger partial charge on any atom is 0.0121 e. The molecule has 0 aromatic rings. The van der Waals surface area contributed by atoms with Gasteiger partial charge in [0.2, 0.25) is 0 Å². The average Bonchev–Trinajstić information content (AvgIpc) is 2.48. The maximum absolute atomic E-state index is 3.87. The van der Waals surface area contributed by atoms with Crippen LogP contribution in [0.25, 0.3) is 0 Å². The molecule has 0 bridgehead atoms. The van der Waals surface area contributed by atoms with E-state index in [1.165, 1.54) is 45.2 Å². The van der Waals surface area contributed by atoms with Gasteiger partial charge in [-0.1, -0.05) is 20.3 Å². The van der Waals surface area contributed by atoms with E-state index in [2.05, 4.69) is 24.5 Å². The van der Waals surface area contributed by atoms with Gasteiger partial charge in [-0.25, -0.2) is 0 Å². The first-order valence-corrected chi connectivity index (χ1v) is 6.15. The lowest BCUT2D eigenvalue weighted by molar-refractivity contribution is 0.241. The van der Waals surface area contributed by atoms with E-state index in [4.69, 9.17) is 0 Å². The molecule has 1 heterocycles. The standard InChI is InChI=1S/C12H24N2/c1-12(2)7-3-4-11(12)14-10-5-8-13-9-6-10/h10-11,13-14H,3-9H2,1-2H3. The smallest absolute Gasteiger partial charge is 0.0121 e. The fraction of sp³-hybridized carbons (Fsp3) is 1.00. The minimum absolute atomic E-state index is 0.533. The van der Waals surface area contributed by atoms with Crippen LogP contribution in [0.5, 0.6) is 0 Å². The molecule has 2 aliphatic rings. The van der Waals surface area contributed by atoms with Gasteiger partial charge in [0.25, 0.3) is 0 Å². The highest BCUT2D eigenvalue weighted by atomic mass is 15.0. The van der Waals surface area contributed by atoms with Crippen LogP contribution in [0.4, 0.5) is 0 Å². The quantitative estimate of drug-likeness (QED) is 0.705. The molecule has 0 amide bonds. The molecule has 1 saturated heterocycles. The summed E-state index contributed by atoms with van der Waals surface area (Å²) in [7, 11) is 0. The zero-order valence-electron chi connectivity index (χ0n) is 9.60. The van der Waals surface area contributed by atoms with Crippen LogP contribution >= 0.6 is 0 Å². The van der Waals surface area contributed by atoms with Gasteiger partial charge in [0.05, 0.1) is 0 Å². The van der Waals surface area contributed by atoms with Gasteiger partial charge in [0.15, 0.2) is 0 Å². The van der Waals surface area contributed by atoms with Gasteiger partial charge in [-0.15, -0.1) is 0 Å². The summed E-state index contributed by atoms with van der Waals surface area (Å²) in [5.41, 5.74) is 0.533. The van der Waals surface area contributed by atoms with Crippen LogP contribution in [0.3, 0.4) is 0 Å². The Labute approximate surface area is 87.8 Å². The first kappa shape index (κ1) is 10.4. The highest BCUT2D eigenvalue weighted by Gasteiger charge is 2.35. The van der Waals surface area contributed by atoms with Crippen molar-refractivity contribution in [3.8, 4) is 0 Å². The number of rotatable bonds is 2. The Kier molecular flexibility index (Phi) is 3.13. The lowest BCUT2D eigenvalue weighted by Crippen LogP contribution is -2.48. The molecule has 2 rings (SSSR count). The first-order valence-electron chi connectivity index (χ1n) is 6.15. The fourth-order valence-corrected chi connectivity index (χ4v) is 2.91. The Hall–Kier alpha value is -0.0800. The number of hydrogen-bond donors (Lipinski definition) is 2. The number of piperidine rings is 1. The third kappa shape index (κ3) is 2.29. The predicted molar refractivity (Wildman–Crippen MR) is 60.4 cm³/mol. The van der Waals surface area contributed by atoms with E-state index in [0.29, 0.717) is 5.41 Å². The highest BCUT2D eigenvalue weighted by molar-refractivity contribution is 4.92. The molecule has 0 spiro atoms. The summed E-state index contributed by atoms with van der Waals surface area (Å²) in [6.07, 6.45) is 6.82. The van der Waals surface area contributed by atoms with Crippen LogP contribution in [0, 0.1) is 5.41 Å². The van der Waals surface area contributed by atoms with E-state index in [1.807, 2.05) is 0 Å². The largest absolute Gasteiger partial charge is 0.317 e. The van der Waals surface area contributed by atoms with Crippen LogP contribution < -0.4 is 10.6 Å². The minimum Gasteiger partial charge on any atom is -0.317 e. The topological polar surface area (TPSA) is 24.1 Å². The third-order valence-corrected chi connectivity index (χ3v) is 4.03. The molecule has 1 atom stereocenters. The molecular formula is C12H24N2. The summed E-state index contributed by atoms with van der Waals surface area (Å²) < 4.78 is 0. The monoisotopic (exact) mass is 196 g/mol. The van der Waals surface area contributed by atoms with Gasteiger partial charge in [-0.05, 0) is 44.2 Å². The second kappa shape index (κ2) is 4.19. The van der Waals surface area contributed by atoms with Crippen molar-refractivity contribution in [2.75, 3.05) is 13.1 Å². The molecule has 1 saturated carbocycles. The Balaban J connectivity index is 1.83. The van der Waals surface area contributed by atoms with E-state index in [1.54, 1.807) is 0 Å². The number of nitrogens with one attached hydrogen (secondary N) is 2.